The standard InChI is InChI=1S/C29H28N8O4/c30-34-21-1-9-25(10-2-21)38-17-29(18-39-26-11-3-22(35-31)4-12-26,19-40-27-13-5-23(36-32)6-14-27)20-41-28-15-7-24(37-33)8-16-28/h1,3,5,7,9-16H,2,4,6,8,17-20H2. The van der Waals surface area contributed by atoms with Crippen LogP contribution in [0.4, 0.5) is 0 Å². The average Bonchev–Trinajstić information content (AvgIpc) is 3.05. The van der Waals surface area contributed by atoms with Gasteiger partial charge in [-0.25, -0.2) is 0 Å². The summed E-state index contributed by atoms with van der Waals surface area (Å²) in [7, 11) is 0. The highest BCUT2D eigenvalue weighted by Gasteiger charge is 2.37. The molecule has 0 heterocycles. The van der Waals surface area contributed by atoms with Crippen LogP contribution in [0.2, 0.25) is 0 Å². The molecule has 4 aliphatic rings. The molecule has 12 heteroatoms. The fourth-order valence-electron chi connectivity index (χ4n) is 4.00. The summed E-state index contributed by atoms with van der Waals surface area (Å²) in [5.41, 5.74) is 37.4. The molecular weight excluding hydrogens is 524 g/mol. The van der Waals surface area contributed by atoms with E-state index in [4.69, 9.17) is 41.1 Å². The summed E-state index contributed by atoms with van der Waals surface area (Å²) in [5, 5.41) is 0. The van der Waals surface area contributed by atoms with Crippen LogP contribution in [0.1, 0.15) is 25.7 Å². The van der Waals surface area contributed by atoms with E-state index in [9.17, 15) is 0 Å². The Kier molecular flexibility index (Phi) is 9.88. The van der Waals surface area contributed by atoms with Crippen LogP contribution in [-0.4, -0.2) is 68.4 Å². The van der Waals surface area contributed by atoms with Crippen LogP contribution in [0.5, 0.6) is 0 Å². The normalized spacial score (nSPS) is 18.9. The number of nitrogens with zero attached hydrogens (tertiary/aromatic N) is 8. The molecule has 0 N–H and O–H groups in total. The molecule has 12 nitrogen and oxygen atoms in total. The molecule has 0 aromatic rings. The second kappa shape index (κ2) is 14.1. The zero-order valence-corrected chi connectivity index (χ0v) is 22.3. The lowest BCUT2D eigenvalue weighted by atomic mass is 9.91. The fraction of sp³-hybridized carbons (Fsp3) is 0.310. The summed E-state index contributed by atoms with van der Waals surface area (Å²) in [6, 6.07) is 0. The molecule has 208 valence electrons. The van der Waals surface area contributed by atoms with Gasteiger partial charge in [0.15, 0.2) is 0 Å². The van der Waals surface area contributed by atoms with E-state index >= 15 is 0 Å². The highest BCUT2D eigenvalue weighted by atomic mass is 16.5. The van der Waals surface area contributed by atoms with Gasteiger partial charge in [0.05, 0.1) is 25.7 Å². The molecule has 0 amide bonds. The number of ether oxygens (including phenoxy) is 4. The summed E-state index contributed by atoms with van der Waals surface area (Å²) in [5.74, 6) is 2.40. The Morgan fingerprint density at radius 1 is 0.439 bits per heavy atom. The van der Waals surface area contributed by atoms with Gasteiger partial charge in [-0.2, -0.15) is 19.2 Å². The Hall–Kier alpha value is -5.36. The molecule has 0 aliphatic heterocycles. The second-order valence-electron chi connectivity index (χ2n) is 9.60. The van der Waals surface area contributed by atoms with Crippen molar-refractivity contribution in [2.24, 2.45) is 5.41 Å². The third-order valence-corrected chi connectivity index (χ3v) is 6.50. The summed E-state index contributed by atoms with van der Waals surface area (Å²) < 4.78 is 24.8. The molecule has 0 aromatic heterocycles. The Morgan fingerprint density at radius 2 is 0.683 bits per heavy atom. The van der Waals surface area contributed by atoms with Crippen LogP contribution in [0.25, 0.3) is 22.1 Å². The molecule has 4 rings (SSSR count). The summed E-state index contributed by atoms with van der Waals surface area (Å²) in [4.78, 5) is 12.9. The molecule has 0 bridgehead atoms. The van der Waals surface area contributed by atoms with Crippen molar-refractivity contribution < 1.29 is 38.1 Å². The van der Waals surface area contributed by atoms with Gasteiger partial charge in [0, 0.05) is 24.3 Å². The maximum atomic E-state index is 9.04. The molecule has 0 radical (unpaired) electrons. The third-order valence-electron chi connectivity index (χ3n) is 6.50. The van der Waals surface area contributed by atoms with E-state index in [1.54, 1.807) is 48.6 Å². The van der Waals surface area contributed by atoms with Crippen molar-refractivity contribution in [3.63, 3.8) is 0 Å². The first-order chi connectivity index (χ1) is 20.0. The second-order valence-corrected chi connectivity index (χ2v) is 9.60. The molecule has 0 spiro atoms. The predicted octanol–water partition coefficient (Wildman–Crippen LogP) is 4.10. The zero-order valence-electron chi connectivity index (χ0n) is 22.3. The van der Waals surface area contributed by atoms with E-state index in [-0.39, 0.29) is 26.4 Å². The first-order valence-corrected chi connectivity index (χ1v) is 12.9. The van der Waals surface area contributed by atoms with Crippen molar-refractivity contribution in [1.82, 2.24) is 0 Å². The lowest BCUT2D eigenvalue weighted by Gasteiger charge is -2.34. The minimum Gasteiger partial charge on any atom is -0.493 e. The Labute approximate surface area is 236 Å². The predicted molar refractivity (Wildman–Crippen MR) is 148 cm³/mol. The third kappa shape index (κ3) is 8.31. The van der Waals surface area contributed by atoms with Crippen LogP contribution >= 0.6 is 0 Å². The van der Waals surface area contributed by atoms with Crippen LogP contribution in [0, 0.1) is 5.41 Å². The van der Waals surface area contributed by atoms with Crippen molar-refractivity contribution >= 4 is 22.8 Å². The molecule has 0 saturated carbocycles. The highest BCUT2D eigenvalue weighted by Crippen LogP contribution is 2.28. The summed E-state index contributed by atoms with van der Waals surface area (Å²) in [6.07, 6.45) is 22.5. The van der Waals surface area contributed by atoms with Gasteiger partial charge in [-0.05, 0) is 48.6 Å². The number of hydrogen-bond donors (Lipinski definition) is 0. The quantitative estimate of drug-likeness (QED) is 0.261. The largest absolute Gasteiger partial charge is 0.493 e. The van der Waals surface area contributed by atoms with Gasteiger partial charge in [0.2, 0.25) is 0 Å². The lowest BCUT2D eigenvalue weighted by Crippen LogP contribution is -2.41. The average molecular weight is 553 g/mol. The van der Waals surface area contributed by atoms with Crippen LogP contribution < -0.4 is 0 Å². The molecular formula is C29H28N8O4. The highest BCUT2D eigenvalue weighted by molar-refractivity contribution is 5.94. The molecule has 0 saturated heterocycles. The molecule has 41 heavy (non-hydrogen) atoms. The van der Waals surface area contributed by atoms with Gasteiger partial charge < -0.3 is 41.1 Å². The monoisotopic (exact) mass is 552 g/mol. The SMILES string of the molecule is [N-]=[N+]=C1C=CC(OCC(COC2=CCC(=[N+]=[N-])C=C2)(COC2=CCC(=[N+]=[N-])C=C2)COC2=CCC(=[N+]=[N-])C=C2)=CC1. The van der Waals surface area contributed by atoms with Crippen LogP contribution in [0.15, 0.2) is 95.9 Å². The van der Waals surface area contributed by atoms with Gasteiger partial charge in [-0.3, -0.25) is 0 Å². The van der Waals surface area contributed by atoms with E-state index in [1.165, 1.54) is 0 Å². The van der Waals surface area contributed by atoms with Crippen molar-refractivity contribution in [1.29, 1.82) is 0 Å². The first kappa shape index (κ1) is 28.6. The Bertz CT molecular complexity index is 1290. The molecule has 0 aromatic carbocycles. The number of allylic oxidation sites excluding steroid dienone is 12. The minimum absolute atomic E-state index is 0.149. The zero-order chi connectivity index (χ0) is 28.9. The first-order valence-electron chi connectivity index (χ1n) is 12.9. The van der Waals surface area contributed by atoms with E-state index in [0.29, 0.717) is 71.6 Å². The maximum Gasteiger partial charge on any atom is 0.296 e. The van der Waals surface area contributed by atoms with Crippen LogP contribution in [-0.2, 0) is 18.9 Å². The van der Waals surface area contributed by atoms with E-state index < -0.39 is 5.41 Å². The van der Waals surface area contributed by atoms with E-state index in [1.807, 2.05) is 24.3 Å². The Balaban J connectivity index is 1.56. The van der Waals surface area contributed by atoms with Crippen LogP contribution in [0.3, 0.4) is 0 Å². The topological polar surface area (TPSA) is 183 Å². The number of hydrogen-bond acceptors (Lipinski definition) is 4. The summed E-state index contributed by atoms with van der Waals surface area (Å²) >= 11 is 0. The number of rotatable bonds is 12. The smallest absolute Gasteiger partial charge is 0.296 e. The van der Waals surface area contributed by atoms with Crippen molar-refractivity contribution in [3.05, 3.63) is 118 Å². The van der Waals surface area contributed by atoms with E-state index in [0.717, 1.165) is 0 Å². The van der Waals surface area contributed by atoms with E-state index in [2.05, 4.69) is 19.2 Å². The van der Waals surface area contributed by atoms with Gasteiger partial charge >= 0.3 is 0 Å². The molecule has 0 atom stereocenters. The fourth-order valence-corrected chi connectivity index (χ4v) is 4.00. The molecule has 4 aliphatic carbocycles. The van der Waals surface area contributed by atoms with Gasteiger partial charge in [-0.15, -0.1) is 0 Å². The van der Waals surface area contributed by atoms with Crippen molar-refractivity contribution in [3.8, 4) is 0 Å². The van der Waals surface area contributed by atoms with Crippen molar-refractivity contribution in [2.75, 3.05) is 26.4 Å². The Morgan fingerprint density at radius 3 is 0.854 bits per heavy atom. The molecule has 0 fully saturated rings. The lowest BCUT2D eigenvalue weighted by molar-refractivity contribution is -0.0606. The van der Waals surface area contributed by atoms with Gasteiger partial charge in [0.1, 0.15) is 54.9 Å². The minimum atomic E-state index is -0.833. The maximum absolute atomic E-state index is 9.04. The van der Waals surface area contributed by atoms with Gasteiger partial charge in [-0.1, -0.05) is 0 Å². The van der Waals surface area contributed by atoms with Gasteiger partial charge in [0.25, 0.3) is 22.8 Å². The molecule has 0 unspecified atom stereocenters. The summed E-state index contributed by atoms with van der Waals surface area (Å²) in [6.45, 7) is 0.594. The van der Waals surface area contributed by atoms with Crippen molar-refractivity contribution in [2.45, 2.75) is 25.7 Å².